The number of rotatable bonds is 4. The highest BCUT2D eigenvalue weighted by Gasteiger charge is 2.34. The molecule has 6 heteroatoms. The zero-order valence-electron chi connectivity index (χ0n) is 10.8. The van der Waals surface area contributed by atoms with E-state index in [0.29, 0.717) is 12.3 Å². The van der Waals surface area contributed by atoms with Gasteiger partial charge in [0.05, 0.1) is 13.2 Å². The van der Waals surface area contributed by atoms with Crippen LogP contribution in [0.5, 0.6) is 5.75 Å². The first-order valence-electron chi connectivity index (χ1n) is 5.93. The first-order chi connectivity index (χ1) is 9.02. The SMILES string of the molecule is COc1ccc(C)cc1C1CNC(=O)N1CC(=O)O. The van der Waals surface area contributed by atoms with Crippen LogP contribution in [0.3, 0.4) is 0 Å². The van der Waals surface area contributed by atoms with Gasteiger partial charge in [-0.15, -0.1) is 0 Å². The molecule has 102 valence electrons. The lowest BCUT2D eigenvalue weighted by molar-refractivity contribution is -0.137. The van der Waals surface area contributed by atoms with Crippen LogP contribution < -0.4 is 10.1 Å². The summed E-state index contributed by atoms with van der Waals surface area (Å²) in [6.07, 6.45) is 0. The van der Waals surface area contributed by atoms with Crippen molar-refractivity contribution in [2.45, 2.75) is 13.0 Å². The van der Waals surface area contributed by atoms with Gasteiger partial charge >= 0.3 is 12.0 Å². The van der Waals surface area contributed by atoms with Crippen LogP contribution in [0.25, 0.3) is 0 Å². The van der Waals surface area contributed by atoms with Gasteiger partial charge in [0.25, 0.3) is 0 Å². The molecule has 0 radical (unpaired) electrons. The average molecular weight is 264 g/mol. The minimum absolute atomic E-state index is 0.321. The van der Waals surface area contributed by atoms with Gasteiger partial charge in [-0.3, -0.25) is 4.79 Å². The van der Waals surface area contributed by atoms with Crippen LogP contribution in [0.4, 0.5) is 4.79 Å². The third kappa shape index (κ3) is 2.62. The normalized spacial score (nSPS) is 18.3. The molecule has 19 heavy (non-hydrogen) atoms. The summed E-state index contributed by atoms with van der Waals surface area (Å²) >= 11 is 0. The van der Waals surface area contributed by atoms with Crippen molar-refractivity contribution >= 4 is 12.0 Å². The first-order valence-corrected chi connectivity index (χ1v) is 5.93. The van der Waals surface area contributed by atoms with E-state index in [2.05, 4.69) is 5.32 Å². The van der Waals surface area contributed by atoms with Crippen LogP contribution >= 0.6 is 0 Å². The Morgan fingerprint density at radius 1 is 1.58 bits per heavy atom. The number of nitrogens with zero attached hydrogens (tertiary/aromatic N) is 1. The number of amides is 2. The highest BCUT2D eigenvalue weighted by molar-refractivity contribution is 5.82. The van der Waals surface area contributed by atoms with Crippen LogP contribution in [-0.4, -0.2) is 42.2 Å². The number of aryl methyl sites for hydroxylation is 1. The molecule has 0 bridgehead atoms. The predicted molar refractivity (Wildman–Crippen MR) is 68.2 cm³/mol. The van der Waals surface area contributed by atoms with E-state index >= 15 is 0 Å². The van der Waals surface area contributed by atoms with Crippen molar-refractivity contribution in [3.8, 4) is 5.75 Å². The topological polar surface area (TPSA) is 78.9 Å². The van der Waals surface area contributed by atoms with Gasteiger partial charge in [0.2, 0.25) is 0 Å². The van der Waals surface area contributed by atoms with E-state index in [-0.39, 0.29) is 18.6 Å². The summed E-state index contributed by atoms with van der Waals surface area (Å²) in [7, 11) is 1.56. The quantitative estimate of drug-likeness (QED) is 0.855. The second-order valence-electron chi connectivity index (χ2n) is 4.47. The molecule has 2 N–H and O–H groups in total. The Hall–Kier alpha value is -2.24. The molecule has 1 aromatic carbocycles. The van der Waals surface area contributed by atoms with Crippen molar-refractivity contribution < 1.29 is 19.4 Å². The number of hydrogen-bond acceptors (Lipinski definition) is 3. The number of urea groups is 1. The van der Waals surface area contributed by atoms with Gasteiger partial charge in [0.15, 0.2) is 0 Å². The summed E-state index contributed by atoms with van der Waals surface area (Å²) < 4.78 is 5.29. The molecule has 1 unspecified atom stereocenters. The largest absolute Gasteiger partial charge is 0.496 e. The van der Waals surface area contributed by atoms with E-state index in [4.69, 9.17) is 9.84 Å². The number of carboxylic acids is 1. The fourth-order valence-corrected chi connectivity index (χ4v) is 2.26. The van der Waals surface area contributed by atoms with E-state index < -0.39 is 5.97 Å². The number of ether oxygens (including phenoxy) is 1. The summed E-state index contributed by atoms with van der Waals surface area (Å²) in [5.74, 6) is -0.379. The number of carbonyl (C=O) groups excluding carboxylic acids is 1. The summed E-state index contributed by atoms with van der Waals surface area (Å²) in [5, 5.41) is 11.5. The molecule has 2 rings (SSSR count). The molecule has 1 aliphatic heterocycles. The Bertz CT molecular complexity index is 515. The van der Waals surface area contributed by atoms with E-state index in [9.17, 15) is 9.59 Å². The van der Waals surface area contributed by atoms with Gasteiger partial charge in [-0.05, 0) is 13.0 Å². The molecular weight excluding hydrogens is 248 g/mol. The van der Waals surface area contributed by atoms with Crippen LogP contribution in [0.15, 0.2) is 18.2 Å². The fraction of sp³-hybridized carbons (Fsp3) is 0.385. The van der Waals surface area contributed by atoms with Crippen LogP contribution in [-0.2, 0) is 4.79 Å². The zero-order chi connectivity index (χ0) is 14.0. The molecule has 0 saturated carbocycles. The van der Waals surface area contributed by atoms with Gasteiger partial charge in [-0.1, -0.05) is 17.7 Å². The minimum Gasteiger partial charge on any atom is -0.496 e. The van der Waals surface area contributed by atoms with Gasteiger partial charge in [0.1, 0.15) is 12.3 Å². The van der Waals surface area contributed by atoms with E-state index in [1.54, 1.807) is 7.11 Å². The lowest BCUT2D eigenvalue weighted by Gasteiger charge is -2.23. The van der Waals surface area contributed by atoms with Crippen LogP contribution in [0, 0.1) is 6.92 Å². The smallest absolute Gasteiger partial charge is 0.323 e. The monoisotopic (exact) mass is 264 g/mol. The number of aliphatic carboxylic acids is 1. The van der Waals surface area contributed by atoms with Crippen molar-refractivity contribution in [2.24, 2.45) is 0 Å². The molecule has 1 saturated heterocycles. The highest BCUT2D eigenvalue weighted by Crippen LogP contribution is 2.32. The Morgan fingerprint density at radius 3 is 2.95 bits per heavy atom. The van der Waals surface area contributed by atoms with Crippen molar-refractivity contribution in [3.05, 3.63) is 29.3 Å². The molecule has 1 aliphatic rings. The zero-order valence-corrected chi connectivity index (χ0v) is 10.8. The number of nitrogens with one attached hydrogen (secondary N) is 1. The third-order valence-electron chi connectivity index (χ3n) is 3.13. The van der Waals surface area contributed by atoms with E-state index in [1.165, 1.54) is 4.90 Å². The lowest BCUT2D eigenvalue weighted by Crippen LogP contribution is -2.34. The second-order valence-corrected chi connectivity index (χ2v) is 4.47. The minimum atomic E-state index is -1.03. The van der Waals surface area contributed by atoms with Gasteiger partial charge in [0, 0.05) is 12.1 Å². The lowest BCUT2D eigenvalue weighted by atomic mass is 10.0. The number of hydrogen-bond donors (Lipinski definition) is 2. The van der Waals surface area contributed by atoms with Crippen molar-refractivity contribution in [1.29, 1.82) is 0 Å². The maximum atomic E-state index is 11.7. The first kappa shape index (κ1) is 13.2. The molecule has 6 nitrogen and oxygen atoms in total. The predicted octanol–water partition coefficient (Wildman–Crippen LogP) is 1.15. The maximum absolute atomic E-state index is 11.7. The fourth-order valence-electron chi connectivity index (χ4n) is 2.26. The number of benzene rings is 1. The summed E-state index contributed by atoms with van der Waals surface area (Å²) in [4.78, 5) is 23.8. The molecule has 0 spiro atoms. The molecule has 1 heterocycles. The number of carbonyl (C=O) groups is 2. The van der Waals surface area contributed by atoms with Gasteiger partial charge in [-0.25, -0.2) is 4.79 Å². The standard InChI is InChI=1S/C13H16N2O4/c1-8-3-4-11(19-2)9(5-8)10-6-14-13(18)15(10)7-12(16)17/h3-5,10H,6-7H2,1-2H3,(H,14,18)(H,16,17). The Labute approximate surface area is 111 Å². The Kier molecular flexibility index (Phi) is 3.59. The van der Waals surface area contributed by atoms with E-state index in [1.807, 2.05) is 25.1 Å². The number of carboxylic acid groups (broad SMARTS) is 1. The van der Waals surface area contributed by atoms with Crippen LogP contribution in [0.2, 0.25) is 0 Å². The van der Waals surface area contributed by atoms with Crippen LogP contribution in [0.1, 0.15) is 17.2 Å². The summed E-state index contributed by atoms with van der Waals surface area (Å²) in [5.41, 5.74) is 1.85. The molecule has 1 fully saturated rings. The molecule has 0 aliphatic carbocycles. The summed E-state index contributed by atoms with van der Waals surface area (Å²) in [6, 6.07) is 4.97. The maximum Gasteiger partial charge on any atom is 0.323 e. The van der Waals surface area contributed by atoms with Crippen molar-refractivity contribution in [1.82, 2.24) is 10.2 Å². The average Bonchev–Trinajstić information content (AvgIpc) is 2.70. The van der Waals surface area contributed by atoms with Crippen molar-refractivity contribution in [2.75, 3.05) is 20.2 Å². The Morgan fingerprint density at radius 2 is 2.32 bits per heavy atom. The number of methoxy groups -OCH3 is 1. The molecule has 2 amide bonds. The van der Waals surface area contributed by atoms with Crippen molar-refractivity contribution in [3.63, 3.8) is 0 Å². The molecule has 1 aromatic rings. The van der Waals surface area contributed by atoms with Gasteiger partial charge < -0.3 is 20.1 Å². The highest BCUT2D eigenvalue weighted by atomic mass is 16.5. The Balaban J connectivity index is 2.36. The third-order valence-corrected chi connectivity index (χ3v) is 3.13. The molecule has 0 aromatic heterocycles. The second kappa shape index (κ2) is 5.17. The summed E-state index contributed by atoms with van der Waals surface area (Å²) in [6.45, 7) is 1.99. The van der Waals surface area contributed by atoms with E-state index in [0.717, 1.165) is 11.1 Å². The van der Waals surface area contributed by atoms with Gasteiger partial charge in [-0.2, -0.15) is 0 Å². The molecular formula is C13H16N2O4. The molecule has 1 atom stereocenters.